The van der Waals surface area contributed by atoms with Gasteiger partial charge in [-0.15, -0.1) is 11.3 Å². The molecular formula is C16H17BrINS. The topological polar surface area (TPSA) is 12.0 Å². The number of benzene rings is 1. The van der Waals surface area contributed by atoms with Crippen LogP contribution >= 0.6 is 49.9 Å². The second-order valence-electron chi connectivity index (χ2n) is 5.28. The maximum atomic E-state index is 3.82. The van der Waals surface area contributed by atoms with Crippen molar-refractivity contribution in [2.45, 2.75) is 38.3 Å². The number of fused-ring (bicyclic) bond motifs is 1. The average molecular weight is 462 g/mol. The lowest BCUT2D eigenvalue weighted by molar-refractivity contribution is 0.417. The first-order chi connectivity index (χ1) is 9.65. The minimum Gasteiger partial charge on any atom is -0.303 e. The van der Waals surface area contributed by atoms with Crippen molar-refractivity contribution in [3.05, 3.63) is 53.7 Å². The first-order valence-electron chi connectivity index (χ1n) is 6.93. The van der Waals surface area contributed by atoms with E-state index in [-0.39, 0.29) is 0 Å². The van der Waals surface area contributed by atoms with Crippen LogP contribution in [0.25, 0.3) is 0 Å². The van der Waals surface area contributed by atoms with Crippen molar-refractivity contribution in [2.24, 2.45) is 0 Å². The van der Waals surface area contributed by atoms with E-state index in [1.54, 1.807) is 4.88 Å². The second kappa shape index (κ2) is 6.46. The molecule has 0 aliphatic heterocycles. The molecule has 1 aromatic heterocycles. The van der Waals surface area contributed by atoms with Crippen LogP contribution in [0.2, 0.25) is 0 Å². The molecule has 20 heavy (non-hydrogen) atoms. The van der Waals surface area contributed by atoms with Crippen LogP contribution in [-0.4, -0.2) is 0 Å². The molecule has 1 nitrogen and oxygen atoms in total. The molecule has 1 aliphatic rings. The van der Waals surface area contributed by atoms with Gasteiger partial charge in [-0.1, -0.05) is 34.1 Å². The molecule has 3 rings (SSSR count). The first-order valence-corrected chi connectivity index (χ1v) is 9.62. The second-order valence-corrected chi connectivity index (χ2v) is 9.17. The molecule has 106 valence electrons. The number of aryl methyl sites for hydroxylation is 1. The van der Waals surface area contributed by atoms with Gasteiger partial charge in [-0.2, -0.15) is 0 Å². The third-order valence-electron chi connectivity index (χ3n) is 3.91. The van der Waals surface area contributed by atoms with Gasteiger partial charge >= 0.3 is 0 Å². The molecule has 0 bridgehead atoms. The molecule has 1 N–H and O–H groups in total. The molecule has 1 heterocycles. The van der Waals surface area contributed by atoms with E-state index in [4.69, 9.17) is 0 Å². The van der Waals surface area contributed by atoms with Crippen LogP contribution in [0.1, 0.15) is 47.9 Å². The van der Waals surface area contributed by atoms with E-state index in [1.807, 2.05) is 11.3 Å². The SMILES string of the molecule is C[C@@H](NC1CCCc2sc(I)cc21)c1ccccc1Br. The van der Waals surface area contributed by atoms with Crippen LogP contribution in [0.5, 0.6) is 0 Å². The Labute approximate surface area is 146 Å². The molecule has 1 unspecified atom stereocenters. The van der Waals surface area contributed by atoms with Crippen LogP contribution in [0.4, 0.5) is 0 Å². The third-order valence-corrected chi connectivity index (χ3v) is 6.60. The van der Waals surface area contributed by atoms with Gasteiger partial charge in [-0.05, 0) is 72.0 Å². The van der Waals surface area contributed by atoms with Gasteiger partial charge in [0.05, 0.1) is 2.88 Å². The molecule has 0 amide bonds. The fraction of sp³-hybridized carbons (Fsp3) is 0.375. The van der Waals surface area contributed by atoms with E-state index >= 15 is 0 Å². The van der Waals surface area contributed by atoms with Gasteiger partial charge in [-0.25, -0.2) is 0 Å². The van der Waals surface area contributed by atoms with Gasteiger partial charge in [-0.3, -0.25) is 0 Å². The molecule has 2 aromatic rings. The summed E-state index contributed by atoms with van der Waals surface area (Å²) in [5, 5.41) is 3.82. The summed E-state index contributed by atoms with van der Waals surface area (Å²) in [4.78, 5) is 1.58. The van der Waals surface area contributed by atoms with Crippen LogP contribution in [-0.2, 0) is 6.42 Å². The number of hydrogen-bond acceptors (Lipinski definition) is 2. The van der Waals surface area contributed by atoms with Crippen molar-refractivity contribution in [2.75, 3.05) is 0 Å². The number of rotatable bonds is 3. The summed E-state index contributed by atoms with van der Waals surface area (Å²) in [5.41, 5.74) is 2.87. The summed E-state index contributed by atoms with van der Waals surface area (Å²) in [6.45, 7) is 2.26. The lowest BCUT2D eigenvalue weighted by Gasteiger charge is -2.27. The molecule has 4 heteroatoms. The Morgan fingerprint density at radius 2 is 2.20 bits per heavy atom. The Hall–Kier alpha value is 0.0900. The Balaban J connectivity index is 1.80. The molecule has 1 aliphatic carbocycles. The Bertz CT molecular complexity index is 610. The standard InChI is InChI=1S/C16H17BrINS/c1-10(11-5-2-3-6-13(11)17)19-14-7-4-8-15-12(14)9-16(18)20-15/h2-3,5-6,9-10,14,19H,4,7-8H2,1H3/t10-,14?/m1/s1. The molecule has 1 aromatic carbocycles. The van der Waals surface area contributed by atoms with Crippen molar-refractivity contribution in [3.63, 3.8) is 0 Å². The van der Waals surface area contributed by atoms with Crippen molar-refractivity contribution in [3.8, 4) is 0 Å². The summed E-state index contributed by atoms with van der Waals surface area (Å²) in [7, 11) is 0. The first kappa shape index (κ1) is 15.0. The zero-order chi connectivity index (χ0) is 14.1. The lowest BCUT2D eigenvalue weighted by Crippen LogP contribution is -2.27. The highest BCUT2D eigenvalue weighted by Gasteiger charge is 2.24. The van der Waals surface area contributed by atoms with Crippen LogP contribution in [0.3, 0.4) is 0 Å². The maximum absolute atomic E-state index is 3.82. The predicted molar refractivity (Wildman–Crippen MR) is 98.4 cm³/mol. The average Bonchev–Trinajstić information content (AvgIpc) is 2.80. The summed E-state index contributed by atoms with van der Waals surface area (Å²) in [6.07, 6.45) is 3.79. The largest absolute Gasteiger partial charge is 0.303 e. The van der Waals surface area contributed by atoms with Crippen molar-refractivity contribution >= 4 is 49.9 Å². The fourth-order valence-corrected chi connectivity index (χ4v) is 5.66. The lowest BCUT2D eigenvalue weighted by atomic mass is 9.93. The monoisotopic (exact) mass is 461 g/mol. The van der Waals surface area contributed by atoms with Crippen molar-refractivity contribution in [1.82, 2.24) is 5.32 Å². The van der Waals surface area contributed by atoms with Crippen LogP contribution in [0.15, 0.2) is 34.8 Å². The molecular weight excluding hydrogens is 445 g/mol. The summed E-state index contributed by atoms with van der Waals surface area (Å²) in [6, 6.07) is 11.7. The van der Waals surface area contributed by atoms with E-state index in [9.17, 15) is 0 Å². The molecule has 0 fully saturated rings. The third kappa shape index (κ3) is 3.13. The maximum Gasteiger partial charge on any atom is 0.0659 e. The summed E-state index contributed by atoms with van der Waals surface area (Å²) >= 11 is 8.06. The molecule has 2 atom stereocenters. The summed E-state index contributed by atoms with van der Waals surface area (Å²) in [5.74, 6) is 0. The number of nitrogens with one attached hydrogen (secondary N) is 1. The highest BCUT2D eigenvalue weighted by molar-refractivity contribution is 14.1. The van der Waals surface area contributed by atoms with Crippen molar-refractivity contribution in [1.29, 1.82) is 0 Å². The predicted octanol–water partition coefficient (Wildman–Crippen LogP) is 5.84. The van der Waals surface area contributed by atoms with Gasteiger partial charge in [0, 0.05) is 21.4 Å². The van der Waals surface area contributed by atoms with E-state index in [2.05, 4.69) is 81.1 Å². The smallest absolute Gasteiger partial charge is 0.0659 e. The number of hydrogen-bond donors (Lipinski definition) is 1. The highest BCUT2D eigenvalue weighted by Crippen LogP contribution is 2.37. The zero-order valence-electron chi connectivity index (χ0n) is 11.3. The highest BCUT2D eigenvalue weighted by atomic mass is 127. The Morgan fingerprint density at radius 3 is 3.00 bits per heavy atom. The van der Waals surface area contributed by atoms with Gasteiger partial charge in [0.25, 0.3) is 0 Å². The van der Waals surface area contributed by atoms with E-state index in [0.29, 0.717) is 12.1 Å². The minimum atomic E-state index is 0.360. The quantitative estimate of drug-likeness (QED) is 0.566. The number of thiophene rings is 1. The fourth-order valence-electron chi connectivity index (χ4n) is 2.91. The zero-order valence-corrected chi connectivity index (χ0v) is 15.9. The summed E-state index contributed by atoms with van der Waals surface area (Å²) < 4.78 is 2.60. The number of halogens is 2. The van der Waals surface area contributed by atoms with Gasteiger partial charge < -0.3 is 5.32 Å². The van der Waals surface area contributed by atoms with Gasteiger partial charge in [0.1, 0.15) is 0 Å². The van der Waals surface area contributed by atoms with Gasteiger partial charge in [0.15, 0.2) is 0 Å². The van der Waals surface area contributed by atoms with E-state index in [0.717, 1.165) is 0 Å². The van der Waals surface area contributed by atoms with Crippen LogP contribution < -0.4 is 5.32 Å². The molecule has 0 spiro atoms. The molecule has 0 saturated carbocycles. The molecule has 0 saturated heterocycles. The normalized spacial score (nSPS) is 19.6. The van der Waals surface area contributed by atoms with Crippen LogP contribution in [0, 0.1) is 2.88 Å². The van der Waals surface area contributed by atoms with E-state index < -0.39 is 0 Å². The van der Waals surface area contributed by atoms with E-state index in [1.165, 1.54) is 37.7 Å². The van der Waals surface area contributed by atoms with Gasteiger partial charge in [0.2, 0.25) is 0 Å². The Morgan fingerprint density at radius 1 is 1.40 bits per heavy atom. The molecule has 0 radical (unpaired) electrons. The minimum absolute atomic E-state index is 0.360. The van der Waals surface area contributed by atoms with Crippen molar-refractivity contribution < 1.29 is 0 Å². The Kier molecular flexibility index (Phi) is 4.85.